The minimum Gasteiger partial charge on any atom is -0.487 e. The Morgan fingerprint density at radius 2 is 1.69 bits per heavy atom. The summed E-state index contributed by atoms with van der Waals surface area (Å²) in [5.41, 5.74) is 2.87. The van der Waals surface area contributed by atoms with Crippen LogP contribution >= 0.6 is 0 Å². The first kappa shape index (κ1) is 29.7. The van der Waals surface area contributed by atoms with Gasteiger partial charge in [-0.3, -0.25) is 9.88 Å². The van der Waals surface area contributed by atoms with E-state index in [0.717, 1.165) is 28.2 Å². The fourth-order valence-corrected chi connectivity index (χ4v) is 6.96. The number of benzene rings is 3. The fraction of sp³-hybridized carbons (Fsp3) is 0.303. The maximum Gasteiger partial charge on any atom is 0.247 e. The van der Waals surface area contributed by atoms with Crippen molar-refractivity contribution >= 4 is 10.0 Å². The van der Waals surface area contributed by atoms with Crippen molar-refractivity contribution < 1.29 is 23.0 Å². The van der Waals surface area contributed by atoms with Crippen LogP contribution in [0.5, 0.6) is 17.2 Å². The van der Waals surface area contributed by atoms with Gasteiger partial charge in [0.25, 0.3) is 0 Å². The molecule has 2 heterocycles. The largest absolute Gasteiger partial charge is 0.487 e. The van der Waals surface area contributed by atoms with Crippen molar-refractivity contribution in [2.45, 2.75) is 37.4 Å². The first-order valence-electron chi connectivity index (χ1n) is 14.1. The first-order chi connectivity index (χ1) is 20.2. The van der Waals surface area contributed by atoms with Crippen LogP contribution in [0.15, 0.2) is 102 Å². The quantitative estimate of drug-likeness (QED) is 0.279. The standard InChI is InChI=1S/C33H37N3O5S/c1-24-20-36(25(2)23-37)42(38,39)33-14-11-28(27-15-17-34-18-16-27)19-31(33)41-32(24)22-35(3)21-26-9-12-30(13-10-26)40-29-7-5-4-6-8-29/h4-19,24-25,32,37H,20-23H2,1-3H3/t24-,25+,32-/m1/s1. The van der Waals surface area contributed by atoms with E-state index in [0.29, 0.717) is 18.8 Å². The zero-order valence-corrected chi connectivity index (χ0v) is 24.9. The molecule has 4 aromatic rings. The van der Waals surface area contributed by atoms with Gasteiger partial charge in [-0.1, -0.05) is 43.3 Å². The minimum atomic E-state index is -3.90. The molecule has 0 aliphatic carbocycles. The Morgan fingerprint density at radius 1 is 1.00 bits per heavy atom. The number of nitrogens with zero attached hydrogens (tertiary/aromatic N) is 3. The molecule has 220 valence electrons. The number of aromatic nitrogens is 1. The van der Waals surface area contributed by atoms with Crippen LogP contribution in [0.2, 0.25) is 0 Å². The number of aliphatic hydroxyl groups is 1. The van der Waals surface area contributed by atoms with Crippen molar-refractivity contribution in [1.82, 2.24) is 14.2 Å². The second-order valence-corrected chi connectivity index (χ2v) is 12.8. The highest BCUT2D eigenvalue weighted by Gasteiger charge is 2.38. The molecule has 8 nitrogen and oxygen atoms in total. The fourth-order valence-electron chi connectivity index (χ4n) is 5.14. The number of sulfonamides is 1. The van der Waals surface area contributed by atoms with E-state index in [1.807, 2.05) is 80.7 Å². The van der Waals surface area contributed by atoms with Crippen molar-refractivity contribution in [3.63, 3.8) is 0 Å². The van der Waals surface area contributed by atoms with E-state index in [1.165, 1.54) is 4.31 Å². The SMILES string of the molecule is C[C@@H]1CN([C@@H](C)CO)S(=O)(=O)c2ccc(-c3ccncc3)cc2O[C@@H]1CN(C)Cc1ccc(Oc2ccccc2)cc1. The number of hydrogen-bond donors (Lipinski definition) is 1. The molecule has 0 saturated heterocycles. The summed E-state index contributed by atoms with van der Waals surface area (Å²) >= 11 is 0. The molecule has 1 aromatic heterocycles. The zero-order chi connectivity index (χ0) is 29.7. The first-order valence-corrected chi connectivity index (χ1v) is 15.5. The monoisotopic (exact) mass is 587 g/mol. The molecule has 0 bridgehead atoms. The third-order valence-electron chi connectivity index (χ3n) is 7.53. The molecule has 0 unspecified atom stereocenters. The minimum absolute atomic E-state index is 0.106. The van der Waals surface area contributed by atoms with E-state index in [4.69, 9.17) is 9.47 Å². The Morgan fingerprint density at radius 3 is 2.38 bits per heavy atom. The summed E-state index contributed by atoms with van der Waals surface area (Å²) in [4.78, 5) is 6.37. The van der Waals surface area contributed by atoms with E-state index in [9.17, 15) is 13.5 Å². The Bertz CT molecular complexity index is 1570. The number of likely N-dealkylation sites (N-methyl/N-ethyl adjacent to an activating group) is 1. The van der Waals surface area contributed by atoms with E-state index in [2.05, 4.69) is 9.88 Å². The number of pyridine rings is 1. The van der Waals surface area contributed by atoms with Crippen molar-refractivity contribution in [1.29, 1.82) is 0 Å². The van der Waals surface area contributed by atoms with Crippen molar-refractivity contribution in [2.75, 3.05) is 26.7 Å². The van der Waals surface area contributed by atoms with Crippen LogP contribution < -0.4 is 9.47 Å². The lowest BCUT2D eigenvalue weighted by Gasteiger charge is -2.37. The number of hydrogen-bond acceptors (Lipinski definition) is 7. The molecule has 42 heavy (non-hydrogen) atoms. The topological polar surface area (TPSA) is 92.2 Å². The Hall–Kier alpha value is -3.76. The van der Waals surface area contributed by atoms with Crippen LogP contribution in [0.25, 0.3) is 11.1 Å². The van der Waals surface area contributed by atoms with Gasteiger partial charge in [-0.25, -0.2) is 8.42 Å². The summed E-state index contributed by atoms with van der Waals surface area (Å²) in [6.45, 7) is 4.94. The van der Waals surface area contributed by atoms with E-state index in [-0.39, 0.29) is 30.1 Å². The van der Waals surface area contributed by atoms with Gasteiger partial charge in [-0.15, -0.1) is 0 Å². The van der Waals surface area contributed by atoms with Crippen molar-refractivity contribution in [3.8, 4) is 28.4 Å². The number of aliphatic hydroxyl groups excluding tert-OH is 1. The molecule has 0 radical (unpaired) electrons. The summed E-state index contributed by atoms with van der Waals surface area (Å²) in [5.74, 6) is 1.73. The maximum atomic E-state index is 13.8. The number of rotatable bonds is 9. The second kappa shape index (κ2) is 13.0. The molecular weight excluding hydrogens is 550 g/mol. The molecule has 3 aromatic carbocycles. The summed E-state index contributed by atoms with van der Waals surface area (Å²) in [6.07, 6.45) is 3.11. The third kappa shape index (κ3) is 6.82. The number of ether oxygens (including phenoxy) is 2. The summed E-state index contributed by atoms with van der Waals surface area (Å²) in [5, 5.41) is 9.93. The van der Waals surface area contributed by atoms with E-state index in [1.54, 1.807) is 37.5 Å². The van der Waals surface area contributed by atoms with E-state index < -0.39 is 16.1 Å². The van der Waals surface area contributed by atoms with Crippen LogP contribution in [-0.4, -0.2) is 66.6 Å². The lowest BCUT2D eigenvalue weighted by atomic mass is 10.0. The Labute approximate surface area is 248 Å². The molecule has 9 heteroatoms. The van der Waals surface area contributed by atoms with Gasteiger partial charge in [-0.05, 0) is 79.2 Å². The average Bonchev–Trinajstić information content (AvgIpc) is 3.00. The predicted octanol–water partition coefficient (Wildman–Crippen LogP) is 5.44. The molecule has 0 amide bonds. The summed E-state index contributed by atoms with van der Waals surface area (Å²) in [7, 11) is -1.87. The second-order valence-electron chi connectivity index (χ2n) is 10.9. The zero-order valence-electron chi connectivity index (χ0n) is 24.1. The van der Waals surface area contributed by atoms with Gasteiger partial charge in [0.15, 0.2) is 0 Å². The van der Waals surface area contributed by atoms with E-state index >= 15 is 0 Å². The Balaban J connectivity index is 1.38. The van der Waals surface area contributed by atoms with Gasteiger partial charge in [0, 0.05) is 44.0 Å². The molecule has 3 atom stereocenters. The van der Waals surface area contributed by atoms with Gasteiger partial charge in [0.05, 0.1) is 6.61 Å². The lowest BCUT2D eigenvalue weighted by Crippen LogP contribution is -2.49. The van der Waals surface area contributed by atoms with Crippen molar-refractivity contribution in [2.24, 2.45) is 5.92 Å². The van der Waals surface area contributed by atoms with Crippen molar-refractivity contribution in [3.05, 3.63) is 103 Å². The molecule has 1 aliphatic heterocycles. The van der Waals surface area contributed by atoms with Gasteiger partial charge < -0.3 is 14.6 Å². The predicted molar refractivity (Wildman–Crippen MR) is 163 cm³/mol. The Kier molecular flexibility index (Phi) is 9.23. The highest BCUT2D eigenvalue weighted by molar-refractivity contribution is 7.89. The van der Waals surface area contributed by atoms with Crippen LogP contribution in [0, 0.1) is 5.92 Å². The molecule has 0 saturated carbocycles. The maximum absolute atomic E-state index is 13.8. The summed E-state index contributed by atoms with van der Waals surface area (Å²) < 4.78 is 41.5. The number of fused-ring (bicyclic) bond motifs is 1. The van der Waals surface area contributed by atoms with Crippen LogP contribution in [0.1, 0.15) is 19.4 Å². The summed E-state index contributed by atoms with van der Waals surface area (Å²) in [6, 6.07) is 26.1. The molecule has 5 rings (SSSR count). The normalized spacial score (nSPS) is 19.3. The van der Waals surface area contributed by atoms with Gasteiger partial charge in [-0.2, -0.15) is 4.31 Å². The van der Waals surface area contributed by atoms with Gasteiger partial charge >= 0.3 is 0 Å². The molecular formula is C33H37N3O5S. The highest BCUT2D eigenvalue weighted by atomic mass is 32.2. The molecule has 0 spiro atoms. The van der Waals surface area contributed by atoms with Gasteiger partial charge in [0.2, 0.25) is 10.0 Å². The molecule has 0 fully saturated rings. The van der Waals surface area contributed by atoms with Crippen LogP contribution in [0.3, 0.4) is 0 Å². The highest BCUT2D eigenvalue weighted by Crippen LogP contribution is 2.36. The smallest absolute Gasteiger partial charge is 0.247 e. The molecule has 1 N–H and O–H groups in total. The number of para-hydroxylation sites is 1. The average molecular weight is 588 g/mol. The van der Waals surface area contributed by atoms with Crippen LogP contribution in [0.4, 0.5) is 0 Å². The third-order valence-corrected chi connectivity index (χ3v) is 9.55. The van der Waals surface area contributed by atoms with Crippen LogP contribution in [-0.2, 0) is 16.6 Å². The lowest BCUT2D eigenvalue weighted by molar-refractivity contribution is 0.0734. The molecule has 1 aliphatic rings. The van der Waals surface area contributed by atoms with Gasteiger partial charge in [0.1, 0.15) is 28.2 Å².